The van der Waals surface area contributed by atoms with Crippen molar-refractivity contribution in [2.75, 3.05) is 0 Å². The van der Waals surface area contributed by atoms with E-state index in [1.54, 1.807) is 0 Å². The summed E-state index contributed by atoms with van der Waals surface area (Å²) >= 11 is 0. The first kappa shape index (κ1) is 23.4. The minimum Gasteiger partial charge on any atom is -0.425 e. The molecule has 0 saturated carbocycles. The summed E-state index contributed by atoms with van der Waals surface area (Å²) in [6.07, 6.45) is 34.0. The molecule has 0 aromatic rings. The number of allylic oxidation sites excluding steroid dienone is 8. The average Bonchev–Trinajstić information content (AvgIpc) is 2.87. The van der Waals surface area contributed by atoms with Crippen molar-refractivity contribution in [1.29, 1.82) is 0 Å². The van der Waals surface area contributed by atoms with E-state index in [1.807, 2.05) is 0 Å². The summed E-state index contributed by atoms with van der Waals surface area (Å²) < 4.78 is 28.2. The molecule has 0 aromatic heterocycles. The number of hydrogen-bond acceptors (Lipinski definition) is 4. The summed E-state index contributed by atoms with van der Waals surface area (Å²) in [6, 6.07) is 0. The summed E-state index contributed by atoms with van der Waals surface area (Å²) in [5, 5.41) is 0. The van der Waals surface area contributed by atoms with Crippen molar-refractivity contribution in [2.24, 2.45) is 0 Å². The molecule has 1 heterocycles. The van der Waals surface area contributed by atoms with Crippen molar-refractivity contribution in [3.63, 3.8) is 0 Å². The molecule has 0 bridgehead atoms. The lowest BCUT2D eigenvalue weighted by Gasteiger charge is -2.53. The molecule has 4 unspecified atom stereocenters. The lowest BCUT2D eigenvalue weighted by atomic mass is 10.1. The fourth-order valence-corrected chi connectivity index (χ4v) is 24.9. The Hall–Kier alpha value is -0.332. The molecule has 5 rings (SSSR count). The molecule has 1 saturated heterocycles. The van der Waals surface area contributed by atoms with E-state index in [2.05, 4.69) is 48.6 Å². The quantitative estimate of drug-likeness (QED) is 0.380. The Bertz CT molecular complexity index is 644. The average molecular weight is 505 g/mol. The minimum atomic E-state index is -2.61. The van der Waals surface area contributed by atoms with Crippen LogP contribution in [0.4, 0.5) is 0 Å². The molecule has 4 nitrogen and oxygen atoms in total. The van der Waals surface area contributed by atoms with Crippen LogP contribution < -0.4 is 0 Å². The van der Waals surface area contributed by atoms with Gasteiger partial charge in [0.05, 0.1) is 0 Å². The molecule has 0 radical (unpaired) electrons. The van der Waals surface area contributed by atoms with Crippen LogP contribution in [-0.2, 0) is 16.5 Å². The fourth-order valence-electron chi connectivity index (χ4n) is 6.48. The van der Waals surface area contributed by atoms with Gasteiger partial charge in [0.15, 0.2) is 0 Å². The van der Waals surface area contributed by atoms with E-state index in [0.717, 1.165) is 0 Å². The third-order valence-corrected chi connectivity index (χ3v) is 22.6. The second-order valence-corrected chi connectivity index (χ2v) is 21.2. The normalized spacial score (nSPS) is 44.5. The molecule has 0 N–H and O–H groups in total. The second-order valence-electron chi connectivity index (χ2n) is 10.1. The van der Waals surface area contributed by atoms with Gasteiger partial charge in [0, 0.05) is 22.2 Å². The van der Waals surface area contributed by atoms with Crippen molar-refractivity contribution < 1.29 is 16.5 Å². The zero-order chi connectivity index (χ0) is 21.7. The molecule has 4 aliphatic carbocycles. The molecule has 0 aromatic carbocycles. The highest BCUT2D eigenvalue weighted by molar-refractivity contribution is 6.88. The first-order valence-electron chi connectivity index (χ1n) is 13.1. The lowest BCUT2D eigenvalue weighted by molar-refractivity contribution is 0.235. The van der Waals surface area contributed by atoms with Crippen LogP contribution in [0, 0.1) is 0 Å². The molecular weight excluding hydrogens is 465 g/mol. The Balaban J connectivity index is 1.61. The van der Waals surface area contributed by atoms with E-state index < -0.39 is 37.1 Å². The fraction of sp³-hybridized carbons (Fsp3) is 0.667. The molecule has 1 fully saturated rings. The van der Waals surface area contributed by atoms with Crippen LogP contribution in [0.1, 0.15) is 77.0 Å². The van der Waals surface area contributed by atoms with E-state index in [4.69, 9.17) is 16.5 Å². The predicted molar refractivity (Wildman–Crippen MR) is 140 cm³/mol. The zero-order valence-corrected chi connectivity index (χ0v) is 24.3. The molecule has 176 valence electrons. The highest BCUT2D eigenvalue weighted by Crippen LogP contribution is 2.53. The SMILES string of the molecule is C1=CC([Si]2(C3C=CCCC3)O[SiH2]O[SiH2]O[Si](C3C=CCCC3)(C3C=CCCC3)O2)CCC1. The summed E-state index contributed by atoms with van der Waals surface area (Å²) in [5.74, 6) is 0. The zero-order valence-electron chi connectivity index (χ0n) is 19.5. The van der Waals surface area contributed by atoms with Crippen LogP contribution in [0.5, 0.6) is 0 Å². The van der Waals surface area contributed by atoms with Crippen LogP contribution in [0.15, 0.2) is 48.6 Å². The van der Waals surface area contributed by atoms with Crippen molar-refractivity contribution in [3.8, 4) is 0 Å². The Morgan fingerprint density at radius 2 is 0.875 bits per heavy atom. The minimum absolute atomic E-state index is 0.426. The van der Waals surface area contributed by atoms with Crippen LogP contribution in [0.2, 0.25) is 22.2 Å². The van der Waals surface area contributed by atoms with Gasteiger partial charge in [-0.2, -0.15) is 0 Å². The van der Waals surface area contributed by atoms with Gasteiger partial charge >= 0.3 is 17.1 Å². The van der Waals surface area contributed by atoms with Crippen LogP contribution >= 0.6 is 0 Å². The maximum atomic E-state index is 7.84. The largest absolute Gasteiger partial charge is 0.425 e. The van der Waals surface area contributed by atoms with Crippen molar-refractivity contribution in [3.05, 3.63) is 48.6 Å². The van der Waals surface area contributed by atoms with E-state index in [-0.39, 0.29) is 0 Å². The Kier molecular flexibility index (Phi) is 8.01. The van der Waals surface area contributed by atoms with E-state index >= 15 is 0 Å². The van der Waals surface area contributed by atoms with Gasteiger partial charge < -0.3 is 16.5 Å². The van der Waals surface area contributed by atoms with Gasteiger partial charge in [0.1, 0.15) is 0 Å². The second kappa shape index (κ2) is 10.9. The van der Waals surface area contributed by atoms with Crippen LogP contribution in [-0.4, -0.2) is 37.1 Å². The summed E-state index contributed by atoms with van der Waals surface area (Å²) in [7, 11) is -7.34. The highest BCUT2D eigenvalue weighted by Gasteiger charge is 2.61. The third kappa shape index (κ3) is 4.75. The maximum absolute atomic E-state index is 7.84. The first-order valence-corrected chi connectivity index (χ1v) is 19.3. The predicted octanol–water partition coefficient (Wildman–Crippen LogP) is 5.39. The first-order chi connectivity index (χ1) is 15.8. The molecule has 8 heteroatoms. The molecule has 0 amide bonds. The lowest BCUT2D eigenvalue weighted by Crippen LogP contribution is -2.65. The molecule has 32 heavy (non-hydrogen) atoms. The highest BCUT2D eigenvalue weighted by atomic mass is 28.5. The monoisotopic (exact) mass is 504 g/mol. The third-order valence-electron chi connectivity index (χ3n) is 8.14. The van der Waals surface area contributed by atoms with Crippen molar-refractivity contribution in [1.82, 2.24) is 0 Å². The van der Waals surface area contributed by atoms with Gasteiger partial charge in [-0.3, -0.25) is 0 Å². The van der Waals surface area contributed by atoms with Crippen LogP contribution in [0.3, 0.4) is 0 Å². The smallest absolute Gasteiger partial charge is 0.334 e. The van der Waals surface area contributed by atoms with Gasteiger partial charge in [-0.1, -0.05) is 48.6 Å². The summed E-state index contributed by atoms with van der Waals surface area (Å²) in [4.78, 5) is 0. The van der Waals surface area contributed by atoms with Gasteiger partial charge in [-0.05, 0) is 77.0 Å². The van der Waals surface area contributed by atoms with Crippen molar-refractivity contribution >= 4 is 37.1 Å². The van der Waals surface area contributed by atoms with Crippen LogP contribution in [0.25, 0.3) is 0 Å². The molecule has 0 spiro atoms. The standard InChI is InChI=1S/C24H40O4Si4/c1-5-13-21(14-6-1)31(22-15-7-2-8-16-22)26-29-25-30-27-32(28-31,23-17-9-3-10-18-23)24-19-11-4-12-20-24/h5,7,9,11,13,15,17,19,21-24H,1-4,6,8,10,12,14,16,18,20,29-30H2. The molecule has 1 aliphatic heterocycles. The van der Waals surface area contributed by atoms with E-state index in [9.17, 15) is 0 Å². The molecule has 5 aliphatic rings. The Morgan fingerprint density at radius 1 is 0.531 bits per heavy atom. The van der Waals surface area contributed by atoms with E-state index in [0.29, 0.717) is 22.2 Å². The van der Waals surface area contributed by atoms with Gasteiger partial charge in [0.25, 0.3) is 20.0 Å². The molecule has 4 atom stereocenters. The Labute approximate surface area is 201 Å². The summed E-state index contributed by atoms with van der Waals surface area (Å²) in [5.41, 5.74) is 1.71. The van der Waals surface area contributed by atoms with Gasteiger partial charge in [0.2, 0.25) is 0 Å². The summed E-state index contributed by atoms with van der Waals surface area (Å²) in [6.45, 7) is 0. The van der Waals surface area contributed by atoms with E-state index in [1.165, 1.54) is 77.0 Å². The van der Waals surface area contributed by atoms with Gasteiger partial charge in [-0.15, -0.1) is 0 Å². The van der Waals surface area contributed by atoms with Crippen molar-refractivity contribution in [2.45, 2.75) is 99.2 Å². The number of hydrogen-bond donors (Lipinski definition) is 0. The molecular formula is C24H40O4Si4. The maximum Gasteiger partial charge on any atom is 0.334 e. The Morgan fingerprint density at radius 3 is 1.16 bits per heavy atom. The van der Waals surface area contributed by atoms with Gasteiger partial charge in [-0.25, -0.2) is 0 Å². The number of rotatable bonds is 4. The topological polar surface area (TPSA) is 36.9 Å².